The van der Waals surface area contributed by atoms with Crippen LogP contribution < -0.4 is 4.74 Å². The van der Waals surface area contributed by atoms with Gasteiger partial charge in [-0.3, -0.25) is 9.69 Å². The number of carbonyl (C=O) groups is 2. The molecule has 1 saturated heterocycles. The molecule has 1 atom stereocenters. The van der Waals surface area contributed by atoms with E-state index in [0.29, 0.717) is 32.7 Å². The van der Waals surface area contributed by atoms with Crippen molar-refractivity contribution in [2.45, 2.75) is 45.7 Å². The number of hydrogen-bond donors (Lipinski definition) is 0. The van der Waals surface area contributed by atoms with Crippen molar-refractivity contribution in [3.05, 3.63) is 29.8 Å². The number of amides is 1. The van der Waals surface area contributed by atoms with Crippen LogP contribution in [-0.2, 0) is 20.9 Å². The second-order valence-corrected chi connectivity index (χ2v) is 6.60. The minimum atomic E-state index is -0.435. The van der Waals surface area contributed by atoms with Crippen LogP contribution in [0.15, 0.2) is 24.3 Å². The lowest BCUT2D eigenvalue weighted by atomic mass is 10.0. The van der Waals surface area contributed by atoms with E-state index in [2.05, 4.69) is 0 Å². The molecular weight excluding hydrogens is 332 g/mol. The summed E-state index contributed by atoms with van der Waals surface area (Å²) in [6.07, 6.45) is 2.58. The molecule has 1 aromatic carbocycles. The van der Waals surface area contributed by atoms with E-state index in [4.69, 9.17) is 9.47 Å². The maximum atomic E-state index is 12.7. The number of likely N-dealkylation sites (N-methyl/N-ethyl adjacent to an activating group) is 1. The van der Waals surface area contributed by atoms with E-state index in [1.54, 1.807) is 11.8 Å². The van der Waals surface area contributed by atoms with Gasteiger partial charge in [-0.1, -0.05) is 12.1 Å². The molecule has 0 saturated carbocycles. The number of piperidine rings is 1. The van der Waals surface area contributed by atoms with Crippen LogP contribution in [-0.4, -0.2) is 61.1 Å². The number of hydrogen-bond acceptors (Lipinski definition) is 5. The van der Waals surface area contributed by atoms with Gasteiger partial charge in [-0.25, -0.2) is 4.79 Å². The van der Waals surface area contributed by atoms with E-state index in [0.717, 1.165) is 24.2 Å². The van der Waals surface area contributed by atoms with Gasteiger partial charge in [0.25, 0.3) is 0 Å². The van der Waals surface area contributed by atoms with Crippen LogP contribution in [0.25, 0.3) is 0 Å². The highest BCUT2D eigenvalue weighted by Gasteiger charge is 2.33. The van der Waals surface area contributed by atoms with Crippen LogP contribution in [0.4, 0.5) is 0 Å². The lowest BCUT2D eigenvalue weighted by Crippen LogP contribution is -2.51. The number of likely N-dealkylation sites (tertiary alicyclic amines) is 1. The quantitative estimate of drug-likeness (QED) is 0.665. The van der Waals surface area contributed by atoms with Gasteiger partial charge in [-0.05, 0) is 57.9 Å². The van der Waals surface area contributed by atoms with E-state index in [9.17, 15) is 9.59 Å². The fraction of sp³-hybridized carbons (Fsp3) is 0.600. The van der Waals surface area contributed by atoms with Gasteiger partial charge < -0.3 is 14.4 Å². The van der Waals surface area contributed by atoms with Crippen molar-refractivity contribution in [1.82, 2.24) is 9.80 Å². The molecule has 26 heavy (non-hydrogen) atoms. The van der Waals surface area contributed by atoms with Crippen LogP contribution in [0, 0.1) is 0 Å². The molecule has 0 aromatic heterocycles. The van der Waals surface area contributed by atoms with E-state index in [1.807, 2.05) is 43.1 Å². The van der Waals surface area contributed by atoms with Gasteiger partial charge in [0.2, 0.25) is 5.91 Å². The summed E-state index contributed by atoms with van der Waals surface area (Å²) in [5, 5.41) is 0. The van der Waals surface area contributed by atoms with E-state index in [-0.39, 0.29) is 18.4 Å². The van der Waals surface area contributed by atoms with Gasteiger partial charge in [-0.15, -0.1) is 0 Å². The minimum absolute atomic E-state index is 0.0174. The molecule has 1 amide bonds. The summed E-state index contributed by atoms with van der Waals surface area (Å²) in [4.78, 5) is 28.5. The predicted molar refractivity (Wildman–Crippen MR) is 99.9 cm³/mol. The summed E-state index contributed by atoms with van der Waals surface area (Å²) in [5.41, 5.74) is 1.12. The first kappa shape index (κ1) is 20.2. The Balaban J connectivity index is 1.91. The molecule has 144 valence electrons. The topological polar surface area (TPSA) is 59.1 Å². The van der Waals surface area contributed by atoms with Crippen molar-refractivity contribution < 1.29 is 19.1 Å². The second-order valence-electron chi connectivity index (χ2n) is 6.60. The third-order valence-corrected chi connectivity index (χ3v) is 4.47. The Kier molecular flexibility index (Phi) is 7.91. The van der Waals surface area contributed by atoms with Gasteiger partial charge in [-0.2, -0.15) is 0 Å². The molecule has 6 heteroatoms. The summed E-state index contributed by atoms with van der Waals surface area (Å²) in [6.45, 7) is 6.30. The predicted octanol–water partition coefficient (Wildman–Crippen LogP) is 2.46. The molecule has 0 aliphatic carbocycles. The fourth-order valence-corrected chi connectivity index (χ4v) is 3.26. The SMILES string of the molecule is CCOC(=O)C1CCCCN1C(=O)CN(C)Cc1ccc(OCC)cc1. The van der Waals surface area contributed by atoms with Crippen molar-refractivity contribution in [2.75, 3.05) is 33.4 Å². The van der Waals surface area contributed by atoms with Crippen molar-refractivity contribution in [1.29, 1.82) is 0 Å². The molecule has 1 aliphatic rings. The first-order valence-electron chi connectivity index (χ1n) is 9.41. The molecule has 1 aliphatic heterocycles. The van der Waals surface area contributed by atoms with Crippen molar-refractivity contribution in [3.8, 4) is 5.75 Å². The molecule has 0 spiro atoms. The van der Waals surface area contributed by atoms with Gasteiger partial charge in [0.1, 0.15) is 11.8 Å². The van der Waals surface area contributed by atoms with Crippen molar-refractivity contribution >= 4 is 11.9 Å². The van der Waals surface area contributed by atoms with E-state index >= 15 is 0 Å². The Morgan fingerprint density at radius 2 is 1.88 bits per heavy atom. The normalized spacial score (nSPS) is 17.2. The molecule has 0 bridgehead atoms. The van der Waals surface area contributed by atoms with Crippen LogP contribution in [0.5, 0.6) is 5.75 Å². The Morgan fingerprint density at radius 3 is 2.54 bits per heavy atom. The average molecular weight is 362 g/mol. The Bertz CT molecular complexity index is 588. The number of nitrogens with zero attached hydrogens (tertiary/aromatic N) is 2. The third kappa shape index (κ3) is 5.73. The molecule has 2 rings (SSSR count). The zero-order chi connectivity index (χ0) is 18.9. The lowest BCUT2D eigenvalue weighted by Gasteiger charge is -2.35. The summed E-state index contributed by atoms with van der Waals surface area (Å²) in [6, 6.07) is 7.46. The summed E-state index contributed by atoms with van der Waals surface area (Å²) in [5.74, 6) is 0.548. The second kappa shape index (κ2) is 10.2. The average Bonchev–Trinajstić information content (AvgIpc) is 2.63. The molecule has 1 unspecified atom stereocenters. The Hall–Kier alpha value is -2.08. The maximum Gasteiger partial charge on any atom is 0.328 e. The van der Waals surface area contributed by atoms with Crippen LogP contribution in [0.2, 0.25) is 0 Å². The molecule has 0 N–H and O–H groups in total. The number of ether oxygens (including phenoxy) is 2. The largest absolute Gasteiger partial charge is 0.494 e. The van der Waals surface area contributed by atoms with Crippen molar-refractivity contribution in [2.24, 2.45) is 0 Å². The smallest absolute Gasteiger partial charge is 0.328 e. The molecular formula is C20H30N2O4. The molecule has 1 heterocycles. The Morgan fingerprint density at radius 1 is 1.15 bits per heavy atom. The molecule has 1 fully saturated rings. The highest BCUT2D eigenvalue weighted by Crippen LogP contribution is 2.19. The first-order valence-corrected chi connectivity index (χ1v) is 9.41. The molecule has 1 aromatic rings. The van der Waals surface area contributed by atoms with Crippen LogP contribution in [0.3, 0.4) is 0 Å². The van der Waals surface area contributed by atoms with Gasteiger partial charge in [0, 0.05) is 13.1 Å². The monoisotopic (exact) mass is 362 g/mol. The third-order valence-electron chi connectivity index (χ3n) is 4.47. The first-order chi connectivity index (χ1) is 12.5. The number of rotatable bonds is 8. The number of esters is 1. The number of carbonyl (C=O) groups excluding carboxylic acids is 2. The van der Waals surface area contributed by atoms with E-state index < -0.39 is 6.04 Å². The van der Waals surface area contributed by atoms with Gasteiger partial charge in [0.05, 0.1) is 19.8 Å². The zero-order valence-electron chi connectivity index (χ0n) is 16.1. The number of benzene rings is 1. The molecule has 0 radical (unpaired) electrons. The summed E-state index contributed by atoms with van der Waals surface area (Å²) in [7, 11) is 1.91. The van der Waals surface area contributed by atoms with Gasteiger partial charge >= 0.3 is 5.97 Å². The van der Waals surface area contributed by atoms with Crippen LogP contribution in [0.1, 0.15) is 38.7 Å². The maximum absolute atomic E-state index is 12.7. The highest BCUT2D eigenvalue weighted by molar-refractivity contribution is 5.85. The standard InChI is InChI=1S/C20H30N2O4/c1-4-25-17-11-9-16(10-12-17)14-21(3)15-19(23)22-13-7-6-8-18(22)20(24)26-5-2/h9-12,18H,4-8,13-15H2,1-3H3. The summed E-state index contributed by atoms with van der Waals surface area (Å²) >= 11 is 0. The highest BCUT2D eigenvalue weighted by atomic mass is 16.5. The lowest BCUT2D eigenvalue weighted by molar-refractivity contribution is -0.157. The minimum Gasteiger partial charge on any atom is -0.494 e. The fourth-order valence-electron chi connectivity index (χ4n) is 3.26. The van der Waals surface area contributed by atoms with E-state index in [1.165, 1.54) is 0 Å². The van der Waals surface area contributed by atoms with Gasteiger partial charge in [0.15, 0.2) is 0 Å². The molecule has 6 nitrogen and oxygen atoms in total. The van der Waals surface area contributed by atoms with Crippen LogP contribution >= 0.6 is 0 Å². The van der Waals surface area contributed by atoms with Crippen molar-refractivity contribution in [3.63, 3.8) is 0 Å². The summed E-state index contributed by atoms with van der Waals surface area (Å²) < 4.78 is 10.6. The zero-order valence-corrected chi connectivity index (χ0v) is 16.1. The Labute approximate surface area is 156 Å².